The molecule has 44 heavy (non-hydrogen) atoms. The van der Waals surface area contributed by atoms with E-state index in [9.17, 15) is 14.7 Å². The number of aliphatic hydroxyl groups is 1. The van der Waals surface area contributed by atoms with Gasteiger partial charge < -0.3 is 25.4 Å². The highest BCUT2D eigenvalue weighted by Gasteiger charge is 2.25. The highest BCUT2D eigenvalue weighted by molar-refractivity contribution is 6.00. The molecule has 4 aromatic rings. The number of aliphatic hydroxyl groups excluding tert-OH is 1. The van der Waals surface area contributed by atoms with Gasteiger partial charge in [0, 0.05) is 30.8 Å². The Morgan fingerprint density at radius 1 is 0.841 bits per heavy atom. The molecule has 4 atom stereocenters. The maximum absolute atomic E-state index is 13.7. The van der Waals surface area contributed by atoms with Crippen LogP contribution in [0.2, 0.25) is 0 Å². The predicted octanol–water partition coefficient (Wildman–Crippen LogP) is 5.89. The highest BCUT2D eigenvalue weighted by atomic mass is 16.5. The number of amides is 2. The molecular formula is C37H43N3O4. The van der Waals surface area contributed by atoms with Crippen LogP contribution in [0.1, 0.15) is 68.9 Å². The maximum Gasteiger partial charge on any atom is 0.254 e. The Bertz CT molecular complexity index is 1530. The molecule has 3 N–H and O–H groups in total. The van der Waals surface area contributed by atoms with E-state index in [1.54, 1.807) is 37.3 Å². The van der Waals surface area contributed by atoms with E-state index < -0.39 is 12.1 Å². The summed E-state index contributed by atoms with van der Waals surface area (Å²) in [4.78, 5) is 28.9. The molecule has 0 fully saturated rings. The van der Waals surface area contributed by atoms with Crippen molar-refractivity contribution in [2.75, 3.05) is 20.7 Å². The van der Waals surface area contributed by atoms with E-state index in [0.717, 1.165) is 28.0 Å². The number of aryl methyl sites for hydroxylation is 1. The van der Waals surface area contributed by atoms with E-state index in [1.165, 1.54) is 0 Å². The first kappa shape index (κ1) is 32.5. The molecule has 2 amide bonds. The van der Waals surface area contributed by atoms with Gasteiger partial charge in [0.15, 0.2) is 0 Å². The molecule has 0 heterocycles. The van der Waals surface area contributed by atoms with Crippen molar-refractivity contribution in [1.29, 1.82) is 0 Å². The van der Waals surface area contributed by atoms with Crippen LogP contribution in [0.4, 0.5) is 0 Å². The molecule has 0 aliphatic heterocycles. The van der Waals surface area contributed by atoms with Gasteiger partial charge in [0.05, 0.1) is 25.3 Å². The third kappa shape index (κ3) is 8.56. The molecule has 4 aromatic carbocycles. The SMILES string of the molecule is COc1cccc(C(C)N(C)C(=O)c2cc(C)cc(C(=O)N[C@@H](Cc3ccccc3)[C@H](O)CN[C@@H](C)c3ccccc3)c2)c1. The van der Waals surface area contributed by atoms with Gasteiger partial charge in [0.1, 0.15) is 5.75 Å². The van der Waals surface area contributed by atoms with Crippen molar-refractivity contribution in [3.05, 3.63) is 137 Å². The monoisotopic (exact) mass is 593 g/mol. The zero-order valence-electron chi connectivity index (χ0n) is 26.2. The number of nitrogens with zero attached hydrogens (tertiary/aromatic N) is 1. The van der Waals surface area contributed by atoms with Crippen molar-refractivity contribution in [2.45, 2.75) is 51.4 Å². The van der Waals surface area contributed by atoms with E-state index in [2.05, 4.69) is 10.6 Å². The molecule has 7 nitrogen and oxygen atoms in total. The molecule has 0 bridgehead atoms. The molecule has 0 radical (unpaired) electrons. The first-order valence-electron chi connectivity index (χ1n) is 15.0. The molecule has 0 saturated heterocycles. The summed E-state index contributed by atoms with van der Waals surface area (Å²) < 4.78 is 5.35. The molecule has 0 saturated carbocycles. The number of carbonyl (C=O) groups excluding carboxylic acids is 2. The zero-order valence-corrected chi connectivity index (χ0v) is 26.2. The normalized spacial score (nSPS) is 13.8. The molecule has 230 valence electrons. The molecule has 4 rings (SSSR count). The molecule has 0 spiro atoms. The second kappa shape index (κ2) is 15.3. The van der Waals surface area contributed by atoms with E-state index in [1.807, 2.05) is 106 Å². The molecule has 0 aliphatic rings. The summed E-state index contributed by atoms with van der Waals surface area (Å²) in [6.45, 7) is 6.16. The van der Waals surface area contributed by atoms with E-state index in [0.29, 0.717) is 24.1 Å². The number of nitrogens with one attached hydrogen (secondary N) is 2. The zero-order chi connectivity index (χ0) is 31.6. The fraction of sp³-hybridized carbons (Fsp3) is 0.297. The van der Waals surface area contributed by atoms with Crippen LogP contribution in [0.15, 0.2) is 103 Å². The van der Waals surface area contributed by atoms with Crippen LogP contribution in [0.3, 0.4) is 0 Å². The van der Waals surface area contributed by atoms with Crippen molar-refractivity contribution in [1.82, 2.24) is 15.5 Å². The lowest BCUT2D eigenvalue weighted by atomic mass is 9.99. The number of ether oxygens (including phenoxy) is 1. The number of rotatable bonds is 13. The number of benzene rings is 4. The minimum Gasteiger partial charge on any atom is -0.497 e. The third-order valence-corrected chi connectivity index (χ3v) is 8.08. The Balaban J connectivity index is 1.50. The van der Waals surface area contributed by atoms with E-state index >= 15 is 0 Å². The Labute approximate surface area is 260 Å². The van der Waals surface area contributed by atoms with Crippen LogP contribution in [0, 0.1) is 6.92 Å². The topological polar surface area (TPSA) is 90.9 Å². The largest absolute Gasteiger partial charge is 0.497 e. The number of hydrogen-bond donors (Lipinski definition) is 3. The summed E-state index contributed by atoms with van der Waals surface area (Å²) >= 11 is 0. The van der Waals surface area contributed by atoms with Crippen molar-refractivity contribution in [3.63, 3.8) is 0 Å². The first-order chi connectivity index (χ1) is 21.2. The van der Waals surface area contributed by atoms with Gasteiger partial charge in [-0.25, -0.2) is 0 Å². The molecule has 0 aromatic heterocycles. The first-order valence-corrected chi connectivity index (χ1v) is 15.0. The lowest BCUT2D eigenvalue weighted by Gasteiger charge is -2.27. The summed E-state index contributed by atoms with van der Waals surface area (Å²) in [6.07, 6.45) is -0.404. The van der Waals surface area contributed by atoms with Crippen molar-refractivity contribution >= 4 is 11.8 Å². The van der Waals surface area contributed by atoms with Gasteiger partial charge >= 0.3 is 0 Å². The molecular weight excluding hydrogens is 550 g/mol. The summed E-state index contributed by atoms with van der Waals surface area (Å²) in [6, 6.07) is 31.9. The Morgan fingerprint density at radius 3 is 2.16 bits per heavy atom. The highest BCUT2D eigenvalue weighted by Crippen LogP contribution is 2.25. The third-order valence-electron chi connectivity index (χ3n) is 8.08. The quantitative estimate of drug-likeness (QED) is 0.180. The van der Waals surface area contributed by atoms with Gasteiger partial charge in [-0.3, -0.25) is 9.59 Å². The Morgan fingerprint density at radius 2 is 1.48 bits per heavy atom. The minimum atomic E-state index is -0.855. The van der Waals surface area contributed by atoms with E-state index in [4.69, 9.17) is 4.74 Å². The number of carbonyl (C=O) groups is 2. The smallest absolute Gasteiger partial charge is 0.254 e. The van der Waals surface area contributed by atoms with Gasteiger partial charge in [-0.2, -0.15) is 0 Å². The summed E-state index contributed by atoms with van der Waals surface area (Å²) in [5.41, 5.74) is 4.64. The molecule has 1 unspecified atom stereocenters. The second-order valence-electron chi connectivity index (χ2n) is 11.3. The van der Waals surface area contributed by atoms with Crippen LogP contribution < -0.4 is 15.4 Å². The second-order valence-corrected chi connectivity index (χ2v) is 11.3. The van der Waals surface area contributed by atoms with Gasteiger partial charge in [0.2, 0.25) is 0 Å². The lowest BCUT2D eigenvalue weighted by molar-refractivity contribution is 0.0742. The number of hydrogen-bond acceptors (Lipinski definition) is 5. The van der Waals surface area contributed by atoms with Gasteiger partial charge in [-0.1, -0.05) is 72.8 Å². The lowest BCUT2D eigenvalue weighted by Crippen LogP contribution is -2.49. The van der Waals surface area contributed by atoms with Crippen LogP contribution in [-0.4, -0.2) is 54.7 Å². The van der Waals surface area contributed by atoms with Crippen molar-refractivity contribution in [2.24, 2.45) is 0 Å². The van der Waals surface area contributed by atoms with Crippen molar-refractivity contribution < 1.29 is 19.4 Å². The van der Waals surface area contributed by atoms with E-state index in [-0.39, 0.29) is 23.9 Å². The standard InChI is InChI=1S/C37H43N3O4/c1-25-19-31(22-32(20-25)37(43)40(4)27(3)30-17-12-18-33(23-30)44-5)36(42)39-34(21-28-13-8-6-9-14-28)35(41)24-38-26(2)29-15-10-7-11-16-29/h6-20,22-23,26-27,34-35,38,41H,21,24H2,1-5H3,(H,39,42)/t26-,27?,34-,35+/m0/s1. The van der Waals surface area contributed by atoms with Crippen LogP contribution in [-0.2, 0) is 6.42 Å². The number of methoxy groups -OCH3 is 1. The fourth-order valence-electron chi connectivity index (χ4n) is 5.24. The Hall–Kier alpha value is -4.46. The average Bonchev–Trinajstić information content (AvgIpc) is 3.06. The molecule has 0 aliphatic carbocycles. The average molecular weight is 594 g/mol. The van der Waals surface area contributed by atoms with Gasteiger partial charge in [-0.15, -0.1) is 0 Å². The maximum atomic E-state index is 13.7. The Kier molecular flexibility index (Phi) is 11.3. The summed E-state index contributed by atoms with van der Waals surface area (Å²) in [5, 5.41) is 17.7. The van der Waals surface area contributed by atoms with Crippen LogP contribution in [0.5, 0.6) is 5.75 Å². The fourth-order valence-corrected chi connectivity index (χ4v) is 5.24. The van der Waals surface area contributed by atoms with Crippen LogP contribution in [0.25, 0.3) is 0 Å². The summed E-state index contributed by atoms with van der Waals surface area (Å²) in [5.74, 6) is 0.182. The van der Waals surface area contributed by atoms with Crippen LogP contribution >= 0.6 is 0 Å². The van der Waals surface area contributed by atoms with Gasteiger partial charge in [-0.05, 0) is 79.8 Å². The van der Waals surface area contributed by atoms with Gasteiger partial charge in [0.25, 0.3) is 11.8 Å². The molecule has 7 heteroatoms. The predicted molar refractivity (Wildman–Crippen MR) is 175 cm³/mol. The summed E-state index contributed by atoms with van der Waals surface area (Å²) in [7, 11) is 3.37. The minimum absolute atomic E-state index is 0.0284. The van der Waals surface area contributed by atoms with Crippen molar-refractivity contribution in [3.8, 4) is 5.75 Å².